The molecular formula is C14H14F2N2O2S. The second-order valence-corrected chi connectivity index (χ2v) is 6.34. The minimum absolute atomic E-state index is 0.0794. The Bertz CT molecular complexity index is 777. The number of sulfonamides is 1. The third-order valence-corrected chi connectivity index (χ3v) is 4.39. The molecule has 21 heavy (non-hydrogen) atoms. The van der Waals surface area contributed by atoms with Crippen molar-refractivity contribution >= 4 is 15.7 Å². The van der Waals surface area contributed by atoms with Crippen LogP contribution in [0.2, 0.25) is 0 Å². The van der Waals surface area contributed by atoms with Crippen molar-refractivity contribution in [1.29, 1.82) is 0 Å². The second kappa shape index (κ2) is 5.79. The molecule has 0 spiro atoms. The van der Waals surface area contributed by atoms with Gasteiger partial charge in [0.1, 0.15) is 16.5 Å². The van der Waals surface area contributed by atoms with Crippen LogP contribution in [-0.2, 0) is 16.6 Å². The average Bonchev–Trinajstić information content (AvgIpc) is 2.39. The van der Waals surface area contributed by atoms with Crippen LogP contribution in [0.15, 0.2) is 41.3 Å². The summed E-state index contributed by atoms with van der Waals surface area (Å²) < 4.78 is 52.9. The number of hydrogen-bond donors (Lipinski definition) is 2. The minimum atomic E-state index is -3.90. The maximum Gasteiger partial charge on any atom is 0.242 e. The molecule has 0 saturated heterocycles. The van der Waals surface area contributed by atoms with Crippen LogP contribution in [0, 0.1) is 18.6 Å². The number of aryl methyl sites for hydroxylation is 1. The fraction of sp³-hybridized carbons (Fsp3) is 0.143. The summed E-state index contributed by atoms with van der Waals surface area (Å²) in [6.45, 7) is 1.42. The van der Waals surface area contributed by atoms with E-state index in [2.05, 4.69) is 4.72 Å². The molecule has 2 rings (SSSR count). The van der Waals surface area contributed by atoms with Crippen LogP contribution >= 0.6 is 0 Å². The number of nitrogens with two attached hydrogens (primary N) is 1. The topological polar surface area (TPSA) is 72.2 Å². The van der Waals surface area contributed by atoms with Crippen molar-refractivity contribution in [2.24, 2.45) is 0 Å². The van der Waals surface area contributed by atoms with Crippen molar-refractivity contribution in [3.63, 3.8) is 0 Å². The molecule has 0 aromatic heterocycles. The first-order valence-electron chi connectivity index (χ1n) is 6.09. The van der Waals surface area contributed by atoms with Crippen LogP contribution < -0.4 is 10.5 Å². The number of nitrogens with one attached hydrogen (secondary N) is 1. The van der Waals surface area contributed by atoms with E-state index in [0.29, 0.717) is 0 Å². The Labute approximate surface area is 121 Å². The van der Waals surface area contributed by atoms with Gasteiger partial charge in [-0.25, -0.2) is 21.9 Å². The van der Waals surface area contributed by atoms with Crippen molar-refractivity contribution in [2.75, 3.05) is 5.73 Å². The summed E-state index contributed by atoms with van der Waals surface area (Å²) in [5.74, 6) is -1.32. The molecule has 0 aliphatic rings. The summed E-state index contributed by atoms with van der Waals surface area (Å²) in [5.41, 5.74) is 6.52. The molecule has 0 aliphatic carbocycles. The summed E-state index contributed by atoms with van der Waals surface area (Å²) in [6, 6.07) is 7.35. The van der Waals surface area contributed by atoms with Crippen molar-refractivity contribution in [2.45, 2.75) is 18.4 Å². The van der Waals surface area contributed by atoms with Gasteiger partial charge in [0.25, 0.3) is 0 Å². The molecule has 2 aromatic rings. The van der Waals surface area contributed by atoms with Crippen LogP contribution in [0.1, 0.15) is 11.1 Å². The van der Waals surface area contributed by atoms with E-state index in [-0.39, 0.29) is 22.7 Å². The van der Waals surface area contributed by atoms with Crippen LogP contribution in [0.25, 0.3) is 0 Å². The number of anilines is 1. The Morgan fingerprint density at radius 1 is 1.14 bits per heavy atom. The largest absolute Gasteiger partial charge is 0.398 e. The molecule has 0 bridgehead atoms. The molecule has 4 nitrogen and oxygen atoms in total. The third kappa shape index (κ3) is 3.56. The SMILES string of the molecule is Cc1ccc(S(=O)(=O)NCc2cc(F)ccc2F)c(N)c1. The Kier molecular flexibility index (Phi) is 4.24. The zero-order valence-corrected chi connectivity index (χ0v) is 12.0. The first kappa shape index (κ1) is 15.4. The summed E-state index contributed by atoms with van der Waals surface area (Å²) in [7, 11) is -3.90. The van der Waals surface area contributed by atoms with Gasteiger partial charge in [-0.05, 0) is 42.8 Å². The third-order valence-electron chi connectivity index (χ3n) is 2.92. The van der Waals surface area contributed by atoms with E-state index in [1.807, 2.05) is 0 Å². The lowest BCUT2D eigenvalue weighted by atomic mass is 10.2. The summed E-state index contributed by atoms with van der Waals surface area (Å²) >= 11 is 0. The Morgan fingerprint density at radius 3 is 2.52 bits per heavy atom. The summed E-state index contributed by atoms with van der Waals surface area (Å²) in [4.78, 5) is -0.0927. The van der Waals surface area contributed by atoms with Gasteiger partial charge in [0.2, 0.25) is 10.0 Å². The first-order valence-corrected chi connectivity index (χ1v) is 7.57. The smallest absolute Gasteiger partial charge is 0.242 e. The van der Waals surface area contributed by atoms with Gasteiger partial charge in [-0.2, -0.15) is 0 Å². The Morgan fingerprint density at radius 2 is 1.86 bits per heavy atom. The highest BCUT2D eigenvalue weighted by atomic mass is 32.2. The zero-order chi connectivity index (χ0) is 15.6. The first-order chi connectivity index (χ1) is 9.79. The van der Waals surface area contributed by atoms with E-state index < -0.39 is 21.7 Å². The molecule has 2 aromatic carbocycles. The highest BCUT2D eigenvalue weighted by molar-refractivity contribution is 7.89. The van der Waals surface area contributed by atoms with Crippen LogP contribution in [0.5, 0.6) is 0 Å². The molecule has 0 unspecified atom stereocenters. The number of benzene rings is 2. The monoisotopic (exact) mass is 312 g/mol. The summed E-state index contributed by atoms with van der Waals surface area (Å²) in [5, 5.41) is 0. The van der Waals surface area contributed by atoms with E-state index in [1.54, 1.807) is 13.0 Å². The molecule has 0 amide bonds. The average molecular weight is 312 g/mol. The maximum absolute atomic E-state index is 13.5. The van der Waals surface area contributed by atoms with Crippen molar-refractivity contribution in [1.82, 2.24) is 4.72 Å². The maximum atomic E-state index is 13.5. The quantitative estimate of drug-likeness (QED) is 0.851. The zero-order valence-electron chi connectivity index (χ0n) is 11.2. The predicted molar refractivity (Wildman–Crippen MR) is 76.0 cm³/mol. The fourth-order valence-corrected chi connectivity index (χ4v) is 2.96. The number of halogens is 2. The molecule has 0 atom stereocenters. The van der Waals surface area contributed by atoms with Gasteiger partial charge in [-0.1, -0.05) is 6.07 Å². The van der Waals surface area contributed by atoms with E-state index in [4.69, 9.17) is 5.73 Å². The molecule has 0 radical (unpaired) electrons. The molecule has 112 valence electrons. The molecule has 0 heterocycles. The minimum Gasteiger partial charge on any atom is -0.398 e. The number of nitrogen functional groups attached to an aromatic ring is 1. The number of rotatable bonds is 4. The standard InChI is InChI=1S/C14H14F2N2O2S/c1-9-2-5-14(13(17)6-9)21(19,20)18-8-10-7-11(15)3-4-12(10)16/h2-7,18H,8,17H2,1H3. The van der Waals surface area contributed by atoms with Gasteiger partial charge in [0.05, 0.1) is 5.69 Å². The van der Waals surface area contributed by atoms with Gasteiger partial charge in [-0.15, -0.1) is 0 Å². The Balaban J connectivity index is 2.24. The van der Waals surface area contributed by atoms with Gasteiger partial charge in [0, 0.05) is 12.1 Å². The van der Waals surface area contributed by atoms with Gasteiger partial charge >= 0.3 is 0 Å². The highest BCUT2D eigenvalue weighted by Crippen LogP contribution is 2.20. The summed E-state index contributed by atoms with van der Waals surface area (Å²) in [6.07, 6.45) is 0. The van der Waals surface area contributed by atoms with Crippen LogP contribution in [-0.4, -0.2) is 8.42 Å². The molecule has 3 N–H and O–H groups in total. The van der Waals surface area contributed by atoms with Crippen molar-refractivity contribution in [3.8, 4) is 0 Å². The highest BCUT2D eigenvalue weighted by Gasteiger charge is 2.18. The normalized spacial score (nSPS) is 11.6. The molecule has 7 heteroatoms. The van der Waals surface area contributed by atoms with Gasteiger partial charge < -0.3 is 5.73 Å². The van der Waals surface area contributed by atoms with E-state index in [9.17, 15) is 17.2 Å². The van der Waals surface area contributed by atoms with Crippen molar-refractivity contribution in [3.05, 3.63) is 59.2 Å². The Hall–Kier alpha value is -1.99. The van der Waals surface area contributed by atoms with Gasteiger partial charge in [-0.3, -0.25) is 0 Å². The van der Waals surface area contributed by atoms with E-state index in [0.717, 1.165) is 23.8 Å². The fourth-order valence-electron chi connectivity index (χ4n) is 1.84. The lowest BCUT2D eigenvalue weighted by Crippen LogP contribution is -2.24. The lowest BCUT2D eigenvalue weighted by molar-refractivity contribution is 0.567. The van der Waals surface area contributed by atoms with E-state index in [1.165, 1.54) is 12.1 Å². The number of hydrogen-bond acceptors (Lipinski definition) is 3. The lowest BCUT2D eigenvalue weighted by Gasteiger charge is -2.10. The molecule has 0 aliphatic heterocycles. The predicted octanol–water partition coefficient (Wildman–Crippen LogP) is 2.33. The molecular weight excluding hydrogens is 298 g/mol. The van der Waals surface area contributed by atoms with Crippen LogP contribution in [0.3, 0.4) is 0 Å². The second-order valence-electron chi connectivity index (χ2n) is 4.60. The van der Waals surface area contributed by atoms with E-state index >= 15 is 0 Å². The van der Waals surface area contributed by atoms with Crippen LogP contribution in [0.4, 0.5) is 14.5 Å². The van der Waals surface area contributed by atoms with Crippen molar-refractivity contribution < 1.29 is 17.2 Å². The molecule has 0 fully saturated rings. The van der Waals surface area contributed by atoms with Gasteiger partial charge in [0.15, 0.2) is 0 Å². The molecule has 0 saturated carbocycles.